The number of esters is 1. The fourth-order valence-corrected chi connectivity index (χ4v) is 2.47. The van der Waals surface area contributed by atoms with Gasteiger partial charge in [-0.3, -0.25) is 14.6 Å². The summed E-state index contributed by atoms with van der Waals surface area (Å²) in [5.41, 5.74) is -0.536. The van der Waals surface area contributed by atoms with Crippen molar-refractivity contribution in [1.29, 1.82) is 0 Å². The van der Waals surface area contributed by atoms with E-state index in [1.807, 2.05) is 6.92 Å². The molecule has 6 nitrogen and oxygen atoms in total. The second kappa shape index (κ2) is 5.18. The molecular weight excluding hydrogens is 256 g/mol. The minimum atomic E-state index is -0.542. The lowest BCUT2D eigenvalue weighted by molar-refractivity contribution is -0.144. The van der Waals surface area contributed by atoms with Gasteiger partial charge < -0.3 is 9.72 Å². The minimum absolute atomic E-state index is 0.0577. The molecule has 0 unspecified atom stereocenters. The fourth-order valence-electron chi connectivity index (χ4n) is 1.59. The summed E-state index contributed by atoms with van der Waals surface area (Å²) in [4.78, 5) is 39.3. The van der Waals surface area contributed by atoms with Crippen molar-refractivity contribution in [3.05, 3.63) is 31.1 Å². The number of ether oxygens (including phenoxy) is 1. The van der Waals surface area contributed by atoms with E-state index in [1.54, 1.807) is 5.38 Å². The van der Waals surface area contributed by atoms with E-state index in [-0.39, 0.29) is 12.6 Å². The van der Waals surface area contributed by atoms with Crippen LogP contribution in [-0.2, 0) is 16.1 Å². The van der Waals surface area contributed by atoms with E-state index in [0.29, 0.717) is 22.2 Å². The van der Waals surface area contributed by atoms with Crippen molar-refractivity contribution in [2.45, 2.75) is 26.4 Å². The van der Waals surface area contributed by atoms with Gasteiger partial charge in [0.15, 0.2) is 0 Å². The molecule has 2 aromatic heterocycles. The number of thiophene rings is 1. The van der Waals surface area contributed by atoms with Crippen molar-refractivity contribution in [3.63, 3.8) is 0 Å². The molecule has 2 heterocycles. The van der Waals surface area contributed by atoms with Gasteiger partial charge in [0.2, 0.25) is 0 Å². The Morgan fingerprint density at radius 2 is 2.17 bits per heavy atom. The molecule has 0 atom stereocenters. The number of carbonyl (C=O) groups is 1. The van der Waals surface area contributed by atoms with E-state index in [1.165, 1.54) is 11.3 Å². The highest BCUT2D eigenvalue weighted by atomic mass is 32.1. The zero-order chi connectivity index (χ0) is 13.1. The van der Waals surface area contributed by atoms with Gasteiger partial charge >= 0.3 is 11.7 Å². The summed E-state index contributed by atoms with van der Waals surface area (Å²) in [6.45, 7) is 1.94. The van der Waals surface area contributed by atoms with E-state index in [2.05, 4.69) is 9.97 Å². The molecule has 0 aliphatic heterocycles. The monoisotopic (exact) mass is 268 g/mol. The van der Waals surface area contributed by atoms with Crippen LogP contribution in [-0.4, -0.2) is 15.9 Å². The zero-order valence-corrected chi connectivity index (χ0v) is 10.6. The second-order valence-corrected chi connectivity index (χ2v) is 4.73. The molecule has 2 N–H and O–H groups in total. The van der Waals surface area contributed by atoms with Gasteiger partial charge in [-0.05, 0) is 6.42 Å². The summed E-state index contributed by atoms with van der Waals surface area (Å²) in [5, 5.41) is 2.04. The molecule has 0 bridgehead atoms. The quantitative estimate of drug-likeness (QED) is 0.813. The van der Waals surface area contributed by atoms with Crippen LogP contribution in [0.25, 0.3) is 10.9 Å². The lowest BCUT2D eigenvalue weighted by Crippen LogP contribution is -2.21. The van der Waals surface area contributed by atoms with Crippen molar-refractivity contribution in [2.75, 3.05) is 0 Å². The Balaban J connectivity index is 2.27. The Hall–Kier alpha value is -1.89. The summed E-state index contributed by atoms with van der Waals surface area (Å²) in [5.74, 6) is -0.292. The highest BCUT2D eigenvalue weighted by molar-refractivity contribution is 7.11. The maximum absolute atomic E-state index is 11.6. The van der Waals surface area contributed by atoms with Gasteiger partial charge in [-0.2, -0.15) is 0 Å². The average Bonchev–Trinajstić information content (AvgIpc) is 2.70. The van der Waals surface area contributed by atoms with Crippen molar-refractivity contribution in [2.24, 2.45) is 0 Å². The highest BCUT2D eigenvalue weighted by Crippen LogP contribution is 2.21. The summed E-state index contributed by atoms with van der Waals surface area (Å²) in [6, 6.07) is 0. The van der Waals surface area contributed by atoms with Gasteiger partial charge in [0, 0.05) is 11.8 Å². The highest BCUT2D eigenvalue weighted by Gasteiger charge is 2.11. The lowest BCUT2D eigenvalue weighted by atomic mass is 10.3. The van der Waals surface area contributed by atoms with Gasteiger partial charge in [0.05, 0.1) is 15.8 Å². The number of aromatic nitrogens is 2. The summed E-state index contributed by atoms with van der Waals surface area (Å²) in [7, 11) is 0. The van der Waals surface area contributed by atoms with E-state index in [9.17, 15) is 14.4 Å². The normalized spacial score (nSPS) is 10.7. The smallest absolute Gasteiger partial charge is 0.326 e. The topological polar surface area (TPSA) is 92.0 Å². The Morgan fingerprint density at radius 3 is 2.89 bits per heavy atom. The number of carbonyl (C=O) groups excluding carboxylic acids is 1. The van der Waals surface area contributed by atoms with Crippen molar-refractivity contribution < 1.29 is 9.53 Å². The molecule has 0 saturated carbocycles. The first-order valence-electron chi connectivity index (χ1n) is 5.50. The van der Waals surface area contributed by atoms with Gasteiger partial charge in [0.25, 0.3) is 5.56 Å². The van der Waals surface area contributed by atoms with Gasteiger partial charge in [-0.25, -0.2) is 4.79 Å². The fraction of sp³-hybridized carbons (Fsp3) is 0.364. The van der Waals surface area contributed by atoms with Crippen molar-refractivity contribution >= 4 is 28.2 Å². The molecule has 0 saturated heterocycles. The molecule has 7 heteroatoms. The maximum atomic E-state index is 11.6. The first kappa shape index (κ1) is 12.6. The van der Waals surface area contributed by atoms with E-state index >= 15 is 0 Å². The molecule has 0 spiro atoms. The number of rotatable bonds is 4. The molecule has 0 aliphatic carbocycles. The van der Waals surface area contributed by atoms with Gasteiger partial charge in [-0.15, -0.1) is 11.3 Å². The summed E-state index contributed by atoms with van der Waals surface area (Å²) >= 11 is 1.28. The minimum Gasteiger partial charge on any atom is -0.460 e. The van der Waals surface area contributed by atoms with Gasteiger partial charge in [-0.1, -0.05) is 6.92 Å². The number of hydrogen-bond donors (Lipinski definition) is 2. The van der Waals surface area contributed by atoms with Crippen LogP contribution in [0.1, 0.15) is 24.6 Å². The summed E-state index contributed by atoms with van der Waals surface area (Å²) in [6.07, 6.45) is 1.08. The van der Waals surface area contributed by atoms with Crippen LogP contribution in [0.5, 0.6) is 0 Å². The molecule has 0 fully saturated rings. The SMILES string of the molecule is CCCC(=O)OCc1scc2[nH]c(=O)[nH]c(=O)c12. The molecule has 0 radical (unpaired) electrons. The predicted octanol–water partition coefficient (Wildman–Crippen LogP) is 1.12. The third-order valence-electron chi connectivity index (χ3n) is 2.39. The average molecular weight is 268 g/mol. The van der Waals surface area contributed by atoms with Crippen molar-refractivity contribution in [1.82, 2.24) is 9.97 Å². The molecule has 96 valence electrons. The number of nitrogens with one attached hydrogen (secondary N) is 2. The lowest BCUT2D eigenvalue weighted by Gasteiger charge is -2.01. The predicted molar refractivity (Wildman–Crippen MR) is 67.8 cm³/mol. The number of fused-ring (bicyclic) bond motifs is 1. The van der Waals surface area contributed by atoms with Crippen LogP contribution in [0.2, 0.25) is 0 Å². The standard InChI is InChI=1S/C11H12N2O4S/c1-2-3-8(14)17-4-7-9-6(5-18-7)12-11(16)13-10(9)15/h5H,2-4H2,1H3,(H2,12,13,15,16). The Morgan fingerprint density at radius 1 is 1.39 bits per heavy atom. The van der Waals surface area contributed by atoms with Crippen LogP contribution < -0.4 is 11.2 Å². The van der Waals surface area contributed by atoms with E-state index < -0.39 is 11.2 Å². The van der Waals surface area contributed by atoms with Crippen molar-refractivity contribution in [3.8, 4) is 0 Å². The Kier molecular flexibility index (Phi) is 3.61. The van der Waals surface area contributed by atoms with Crippen LogP contribution in [0.4, 0.5) is 0 Å². The molecule has 0 amide bonds. The molecule has 2 rings (SSSR count). The maximum Gasteiger partial charge on any atom is 0.326 e. The third kappa shape index (κ3) is 2.51. The first-order valence-corrected chi connectivity index (χ1v) is 6.38. The molecular formula is C11H12N2O4S. The molecule has 2 aromatic rings. The Bertz CT molecular complexity index is 682. The van der Waals surface area contributed by atoms with Crippen LogP contribution in [0.3, 0.4) is 0 Å². The zero-order valence-electron chi connectivity index (χ0n) is 9.74. The largest absolute Gasteiger partial charge is 0.460 e. The van der Waals surface area contributed by atoms with Crippen LogP contribution in [0.15, 0.2) is 15.0 Å². The Labute approximate surface area is 106 Å². The number of aromatic amines is 2. The van der Waals surface area contributed by atoms with Crippen LogP contribution in [0, 0.1) is 0 Å². The third-order valence-corrected chi connectivity index (χ3v) is 3.35. The van der Waals surface area contributed by atoms with Gasteiger partial charge in [0.1, 0.15) is 6.61 Å². The summed E-state index contributed by atoms with van der Waals surface area (Å²) < 4.78 is 5.05. The van der Waals surface area contributed by atoms with E-state index in [0.717, 1.165) is 6.42 Å². The molecule has 0 aromatic carbocycles. The van der Waals surface area contributed by atoms with E-state index in [4.69, 9.17) is 4.74 Å². The first-order chi connectivity index (χ1) is 8.61. The molecule has 0 aliphatic rings. The number of hydrogen-bond acceptors (Lipinski definition) is 5. The second-order valence-electron chi connectivity index (χ2n) is 3.77. The number of H-pyrrole nitrogens is 2. The van der Waals surface area contributed by atoms with Crippen LogP contribution >= 0.6 is 11.3 Å². The molecule has 18 heavy (non-hydrogen) atoms.